The van der Waals surface area contributed by atoms with E-state index in [0.29, 0.717) is 6.42 Å². The molecule has 0 aliphatic carbocycles. The second-order valence-corrected chi connectivity index (χ2v) is 5.82. The molecule has 0 aromatic heterocycles. The van der Waals surface area contributed by atoms with Gasteiger partial charge in [-0.3, -0.25) is 9.69 Å². The summed E-state index contributed by atoms with van der Waals surface area (Å²) < 4.78 is 0. The smallest absolute Gasteiger partial charge is 0.131 e. The number of hydrogen-bond donors (Lipinski definition) is 0. The third-order valence-corrected chi connectivity index (χ3v) is 4.27. The van der Waals surface area contributed by atoms with Crippen LogP contribution in [0.4, 0.5) is 0 Å². The van der Waals surface area contributed by atoms with Gasteiger partial charge in [0.05, 0.1) is 0 Å². The van der Waals surface area contributed by atoms with Crippen molar-refractivity contribution >= 4 is 5.78 Å². The Bertz CT molecular complexity index is 620. The standard InChI is InChI=1S/C19H21NO/c1-15(21)13-19(17-8-3-2-4-9-17)20-12-11-16-7-5-6-10-18(16)14-20/h2-10,19H,11-14H2,1H3. The number of Topliss-reactive ketones (excluding diaryl/α,β-unsaturated/α-hetero) is 1. The summed E-state index contributed by atoms with van der Waals surface area (Å²) >= 11 is 0. The highest BCUT2D eigenvalue weighted by Crippen LogP contribution is 2.30. The van der Waals surface area contributed by atoms with Gasteiger partial charge in [-0.15, -0.1) is 0 Å². The van der Waals surface area contributed by atoms with Crippen LogP contribution in [0.2, 0.25) is 0 Å². The number of ketones is 1. The van der Waals surface area contributed by atoms with Crippen molar-refractivity contribution in [1.82, 2.24) is 4.90 Å². The zero-order chi connectivity index (χ0) is 14.7. The quantitative estimate of drug-likeness (QED) is 0.849. The van der Waals surface area contributed by atoms with E-state index in [2.05, 4.69) is 53.4 Å². The topological polar surface area (TPSA) is 20.3 Å². The molecule has 2 aromatic rings. The van der Waals surface area contributed by atoms with Crippen LogP contribution >= 0.6 is 0 Å². The molecule has 0 N–H and O–H groups in total. The fourth-order valence-electron chi connectivity index (χ4n) is 3.19. The second kappa shape index (κ2) is 6.23. The van der Waals surface area contributed by atoms with E-state index in [1.807, 2.05) is 6.07 Å². The highest BCUT2D eigenvalue weighted by molar-refractivity contribution is 5.76. The molecule has 1 unspecified atom stereocenters. The van der Waals surface area contributed by atoms with Crippen LogP contribution in [0.5, 0.6) is 0 Å². The summed E-state index contributed by atoms with van der Waals surface area (Å²) in [5, 5.41) is 0. The van der Waals surface area contributed by atoms with Gasteiger partial charge in [-0.2, -0.15) is 0 Å². The van der Waals surface area contributed by atoms with Crippen molar-refractivity contribution in [2.75, 3.05) is 6.54 Å². The van der Waals surface area contributed by atoms with Crippen molar-refractivity contribution < 1.29 is 4.79 Å². The molecular weight excluding hydrogens is 258 g/mol. The molecule has 0 saturated carbocycles. The molecular formula is C19H21NO. The molecule has 0 amide bonds. The van der Waals surface area contributed by atoms with E-state index >= 15 is 0 Å². The van der Waals surface area contributed by atoms with E-state index in [9.17, 15) is 4.79 Å². The summed E-state index contributed by atoms with van der Waals surface area (Å²) in [5.41, 5.74) is 4.09. The van der Waals surface area contributed by atoms with Gasteiger partial charge in [0.15, 0.2) is 0 Å². The first-order chi connectivity index (χ1) is 10.2. The molecule has 1 aliphatic heterocycles. The van der Waals surface area contributed by atoms with E-state index < -0.39 is 0 Å². The largest absolute Gasteiger partial charge is 0.300 e. The third-order valence-electron chi connectivity index (χ3n) is 4.27. The predicted octanol–water partition coefficient (Wildman–Crippen LogP) is 3.77. The minimum atomic E-state index is 0.192. The Morgan fingerprint density at radius 1 is 1.05 bits per heavy atom. The first-order valence-corrected chi connectivity index (χ1v) is 7.59. The Balaban J connectivity index is 1.86. The molecule has 2 aromatic carbocycles. The fraction of sp³-hybridized carbons (Fsp3) is 0.316. The zero-order valence-electron chi connectivity index (χ0n) is 12.5. The third kappa shape index (κ3) is 3.22. The molecule has 2 nitrogen and oxygen atoms in total. The number of carbonyl (C=O) groups is 1. The molecule has 3 rings (SSSR count). The summed E-state index contributed by atoms with van der Waals surface area (Å²) in [4.78, 5) is 14.1. The summed E-state index contributed by atoms with van der Waals surface area (Å²) in [6.45, 7) is 3.64. The van der Waals surface area contributed by atoms with Gasteiger partial charge < -0.3 is 0 Å². The molecule has 0 saturated heterocycles. The average molecular weight is 279 g/mol. The lowest BCUT2D eigenvalue weighted by Crippen LogP contribution is -2.35. The van der Waals surface area contributed by atoms with Crippen LogP contribution in [0.1, 0.15) is 36.1 Å². The van der Waals surface area contributed by atoms with E-state index in [1.54, 1.807) is 6.92 Å². The van der Waals surface area contributed by atoms with Crippen molar-refractivity contribution in [3.63, 3.8) is 0 Å². The van der Waals surface area contributed by atoms with Crippen molar-refractivity contribution in [3.05, 3.63) is 71.3 Å². The van der Waals surface area contributed by atoms with Gasteiger partial charge in [-0.05, 0) is 30.0 Å². The number of carbonyl (C=O) groups excluding carboxylic acids is 1. The maximum Gasteiger partial charge on any atom is 0.131 e. The van der Waals surface area contributed by atoms with Gasteiger partial charge in [0.1, 0.15) is 5.78 Å². The second-order valence-electron chi connectivity index (χ2n) is 5.82. The van der Waals surface area contributed by atoms with Gasteiger partial charge in [0.2, 0.25) is 0 Å². The van der Waals surface area contributed by atoms with Gasteiger partial charge >= 0.3 is 0 Å². The number of hydrogen-bond acceptors (Lipinski definition) is 2. The number of nitrogens with zero attached hydrogens (tertiary/aromatic N) is 1. The first kappa shape index (κ1) is 14.0. The number of benzene rings is 2. The molecule has 0 spiro atoms. The minimum absolute atomic E-state index is 0.192. The summed E-state index contributed by atoms with van der Waals surface area (Å²) in [5.74, 6) is 0.253. The van der Waals surface area contributed by atoms with Crippen molar-refractivity contribution in [1.29, 1.82) is 0 Å². The minimum Gasteiger partial charge on any atom is -0.300 e. The summed E-state index contributed by atoms with van der Waals surface area (Å²) in [6, 6.07) is 19.2. The van der Waals surface area contributed by atoms with Crippen molar-refractivity contribution in [2.45, 2.75) is 32.4 Å². The van der Waals surface area contributed by atoms with Crippen LogP contribution in [-0.2, 0) is 17.8 Å². The Kier molecular flexibility index (Phi) is 4.16. The fourth-order valence-corrected chi connectivity index (χ4v) is 3.19. The Labute approximate surface area is 126 Å². The van der Waals surface area contributed by atoms with E-state index in [4.69, 9.17) is 0 Å². The molecule has 1 atom stereocenters. The molecule has 21 heavy (non-hydrogen) atoms. The predicted molar refractivity (Wildman–Crippen MR) is 85.0 cm³/mol. The van der Waals surface area contributed by atoms with Crippen LogP contribution in [0.3, 0.4) is 0 Å². The number of rotatable bonds is 4. The van der Waals surface area contributed by atoms with Crippen molar-refractivity contribution in [2.24, 2.45) is 0 Å². The van der Waals surface area contributed by atoms with Gasteiger partial charge in [-0.25, -0.2) is 0 Å². The van der Waals surface area contributed by atoms with E-state index in [0.717, 1.165) is 19.5 Å². The lowest BCUT2D eigenvalue weighted by Gasteiger charge is -2.35. The van der Waals surface area contributed by atoms with Crippen LogP contribution in [0.25, 0.3) is 0 Å². The van der Waals surface area contributed by atoms with Crippen LogP contribution in [0, 0.1) is 0 Å². The molecule has 0 bridgehead atoms. The van der Waals surface area contributed by atoms with Gasteiger partial charge in [-0.1, -0.05) is 54.6 Å². The normalized spacial score (nSPS) is 16.2. The van der Waals surface area contributed by atoms with Crippen LogP contribution < -0.4 is 0 Å². The highest BCUT2D eigenvalue weighted by atomic mass is 16.1. The maximum absolute atomic E-state index is 11.7. The van der Waals surface area contributed by atoms with E-state index in [-0.39, 0.29) is 11.8 Å². The van der Waals surface area contributed by atoms with Crippen molar-refractivity contribution in [3.8, 4) is 0 Å². The summed E-state index contributed by atoms with van der Waals surface area (Å²) in [6.07, 6.45) is 1.66. The van der Waals surface area contributed by atoms with Crippen LogP contribution in [0.15, 0.2) is 54.6 Å². The zero-order valence-corrected chi connectivity index (χ0v) is 12.5. The highest BCUT2D eigenvalue weighted by Gasteiger charge is 2.25. The monoisotopic (exact) mass is 279 g/mol. The number of fused-ring (bicyclic) bond motifs is 1. The molecule has 2 heteroatoms. The molecule has 0 radical (unpaired) electrons. The Morgan fingerprint density at radius 2 is 1.71 bits per heavy atom. The molecule has 1 aliphatic rings. The molecule has 0 fully saturated rings. The van der Waals surface area contributed by atoms with Gasteiger partial charge in [0, 0.05) is 25.6 Å². The average Bonchev–Trinajstić information content (AvgIpc) is 2.53. The molecule has 108 valence electrons. The maximum atomic E-state index is 11.7. The lowest BCUT2D eigenvalue weighted by molar-refractivity contribution is -0.118. The van der Waals surface area contributed by atoms with Gasteiger partial charge in [0.25, 0.3) is 0 Å². The Morgan fingerprint density at radius 3 is 2.43 bits per heavy atom. The van der Waals surface area contributed by atoms with E-state index in [1.165, 1.54) is 16.7 Å². The SMILES string of the molecule is CC(=O)CC(c1ccccc1)N1CCc2ccccc2C1. The first-order valence-electron chi connectivity index (χ1n) is 7.59. The van der Waals surface area contributed by atoms with Crippen LogP contribution in [-0.4, -0.2) is 17.2 Å². The summed E-state index contributed by atoms with van der Waals surface area (Å²) in [7, 11) is 0. The molecule has 1 heterocycles. The Hall–Kier alpha value is -1.93. The lowest BCUT2D eigenvalue weighted by atomic mass is 9.94.